The first kappa shape index (κ1) is 20.6. The standard InChI is InChI=1S/C23H27N3O3S/c1-15-9-10-18(16(2)13-15)26-22(28)21-19(11-12-30-21)25(23(26)29)14-20(27)24(3)17-7-5-4-6-8-17/h9-13,17H,4-8,14H2,1-3H3. The number of aromatic nitrogens is 2. The summed E-state index contributed by atoms with van der Waals surface area (Å²) in [5, 5.41) is 1.80. The first-order valence-corrected chi connectivity index (χ1v) is 11.3. The number of rotatable bonds is 4. The van der Waals surface area contributed by atoms with Crippen LogP contribution in [0.3, 0.4) is 0 Å². The molecular formula is C23H27N3O3S. The van der Waals surface area contributed by atoms with Crippen molar-refractivity contribution in [2.75, 3.05) is 7.05 Å². The summed E-state index contributed by atoms with van der Waals surface area (Å²) in [4.78, 5) is 41.4. The summed E-state index contributed by atoms with van der Waals surface area (Å²) >= 11 is 1.30. The monoisotopic (exact) mass is 425 g/mol. The van der Waals surface area contributed by atoms with E-state index in [2.05, 4.69) is 0 Å². The van der Waals surface area contributed by atoms with Crippen LogP contribution in [0.1, 0.15) is 43.2 Å². The van der Waals surface area contributed by atoms with Gasteiger partial charge in [0.1, 0.15) is 11.2 Å². The number of aryl methyl sites for hydroxylation is 2. The zero-order chi connectivity index (χ0) is 21.4. The molecular weight excluding hydrogens is 398 g/mol. The van der Waals surface area contributed by atoms with Gasteiger partial charge in [-0.05, 0) is 49.8 Å². The minimum atomic E-state index is -0.469. The molecule has 0 N–H and O–H groups in total. The average Bonchev–Trinajstić information content (AvgIpc) is 3.22. The molecule has 1 aliphatic rings. The van der Waals surface area contributed by atoms with Crippen LogP contribution < -0.4 is 11.2 Å². The van der Waals surface area contributed by atoms with Crippen LogP contribution in [0.15, 0.2) is 39.2 Å². The van der Waals surface area contributed by atoms with Crippen LogP contribution in [0.25, 0.3) is 15.9 Å². The largest absolute Gasteiger partial charge is 0.341 e. The molecule has 4 rings (SSSR count). The minimum Gasteiger partial charge on any atom is -0.341 e. The lowest BCUT2D eigenvalue weighted by atomic mass is 9.94. The molecule has 1 amide bonds. The minimum absolute atomic E-state index is 0.0652. The topological polar surface area (TPSA) is 64.3 Å². The van der Waals surface area contributed by atoms with Gasteiger partial charge >= 0.3 is 5.69 Å². The van der Waals surface area contributed by atoms with Crippen LogP contribution in [0.4, 0.5) is 0 Å². The Balaban J connectivity index is 1.80. The first-order chi connectivity index (χ1) is 14.4. The van der Waals surface area contributed by atoms with Crippen molar-refractivity contribution < 1.29 is 4.79 Å². The Kier molecular flexibility index (Phi) is 5.64. The van der Waals surface area contributed by atoms with E-state index in [-0.39, 0.29) is 24.1 Å². The second kappa shape index (κ2) is 8.22. The highest BCUT2D eigenvalue weighted by Crippen LogP contribution is 2.23. The Morgan fingerprint density at radius 1 is 1.13 bits per heavy atom. The summed E-state index contributed by atoms with van der Waals surface area (Å²) in [6.07, 6.45) is 5.50. The van der Waals surface area contributed by atoms with Crippen molar-refractivity contribution >= 4 is 27.5 Å². The van der Waals surface area contributed by atoms with E-state index < -0.39 is 5.69 Å². The van der Waals surface area contributed by atoms with Crippen LogP contribution in [-0.4, -0.2) is 33.0 Å². The summed E-state index contributed by atoms with van der Waals surface area (Å²) in [6.45, 7) is 3.80. The van der Waals surface area contributed by atoms with Crippen molar-refractivity contribution in [1.29, 1.82) is 0 Å². The molecule has 1 saturated carbocycles. The SMILES string of the molecule is Cc1ccc(-n2c(=O)c3sccc3n(CC(=O)N(C)C3CCCCC3)c2=O)c(C)c1. The smallest absolute Gasteiger partial charge is 0.336 e. The van der Waals surface area contributed by atoms with Gasteiger partial charge in [-0.2, -0.15) is 0 Å². The summed E-state index contributed by atoms with van der Waals surface area (Å²) < 4.78 is 3.15. The highest BCUT2D eigenvalue weighted by Gasteiger charge is 2.24. The predicted molar refractivity (Wildman–Crippen MR) is 121 cm³/mol. The molecule has 3 aromatic rings. The highest BCUT2D eigenvalue weighted by atomic mass is 32.1. The molecule has 158 valence electrons. The molecule has 1 aromatic carbocycles. The zero-order valence-corrected chi connectivity index (χ0v) is 18.5. The normalized spacial score (nSPS) is 14.9. The van der Waals surface area contributed by atoms with Gasteiger partial charge in [-0.15, -0.1) is 11.3 Å². The number of thiophene rings is 1. The van der Waals surface area contributed by atoms with Gasteiger partial charge in [0.15, 0.2) is 0 Å². The second-order valence-electron chi connectivity index (χ2n) is 8.23. The van der Waals surface area contributed by atoms with E-state index in [1.165, 1.54) is 26.9 Å². The quantitative estimate of drug-likeness (QED) is 0.641. The number of amides is 1. The third-order valence-corrected chi connectivity index (χ3v) is 7.05. The molecule has 2 aromatic heterocycles. The first-order valence-electron chi connectivity index (χ1n) is 10.4. The van der Waals surface area contributed by atoms with Crippen molar-refractivity contribution in [3.05, 3.63) is 61.6 Å². The number of benzene rings is 1. The van der Waals surface area contributed by atoms with Gasteiger partial charge in [0.05, 0.1) is 11.2 Å². The number of hydrogen-bond acceptors (Lipinski definition) is 4. The van der Waals surface area contributed by atoms with E-state index in [9.17, 15) is 14.4 Å². The molecule has 0 saturated heterocycles. The van der Waals surface area contributed by atoms with Crippen molar-refractivity contribution in [3.63, 3.8) is 0 Å². The molecule has 7 heteroatoms. The summed E-state index contributed by atoms with van der Waals surface area (Å²) in [5.41, 5.74) is 2.20. The maximum absolute atomic E-state index is 13.4. The molecule has 6 nitrogen and oxygen atoms in total. The van der Waals surface area contributed by atoms with Crippen molar-refractivity contribution in [2.24, 2.45) is 0 Å². The maximum atomic E-state index is 13.4. The Bertz CT molecular complexity index is 1210. The van der Waals surface area contributed by atoms with Crippen LogP contribution in [0.2, 0.25) is 0 Å². The fraction of sp³-hybridized carbons (Fsp3) is 0.435. The third-order valence-electron chi connectivity index (χ3n) is 6.16. The Hall–Kier alpha value is -2.67. The fourth-order valence-electron chi connectivity index (χ4n) is 4.43. The molecule has 0 bridgehead atoms. The van der Waals surface area contributed by atoms with Gasteiger partial charge < -0.3 is 4.90 Å². The lowest BCUT2D eigenvalue weighted by molar-refractivity contribution is -0.133. The molecule has 0 unspecified atom stereocenters. The van der Waals surface area contributed by atoms with Crippen LogP contribution in [-0.2, 0) is 11.3 Å². The molecule has 0 aliphatic heterocycles. The second-order valence-corrected chi connectivity index (χ2v) is 9.15. The van der Waals surface area contributed by atoms with Crippen molar-refractivity contribution in [3.8, 4) is 5.69 Å². The lowest BCUT2D eigenvalue weighted by Gasteiger charge is -2.31. The molecule has 0 spiro atoms. The Morgan fingerprint density at radius 3 is 2.57 bits per heavy atom. The fourth-order valence-corrected chi connectivity index (χ4v) is 5.25. The van der Waals surface area contributed by atoms with Crippen LogP contribution in [0.5, 0.6) is 0 Å². The third kappa shape index (κ3) is 3.62. The van der Waals surface area contributed by atoms with Crippen LogP contribution in [0, 0.1) is 13.8 Å². The van der Waals surface area contributed by atoms with Crippen molar-refractivity contribution in [1.82, 2.24) is 14.0 Å². The van der Waals surface area contributed by atoms with Gasteiger partial charge in [-0.1, -0.05) is 37.0 Å². The number of hydrogen-bond donors (Lipinski definition) is 0. The van der Waals surface area contributed by atoms with Crippen molar-refractivity contribution in [2.45, 2.75) is 58.5 Å². The van der Waals surface area contributed by atoms with E-state index >= 15 is 0 Å². The zero-order valence-electron chi connectivity index (χ0n) is 17.7. The number of likely N-dealkylation sites (N-methyl/N-ethyl adjacent to an activating group) is 1. The van der Waals surface area contributed by atoms with Gasteiger partial charge in [0.2, 0.25) is 5.91 Å². The van der Waals surface area contributed by atoms with E-state index in [1.54, 1.807) is 22.4 Å². The number of carbonyl (C=O) groups is 1. The van der Waals surface area contributed by atoms with Gasteiger partial charge in [-0.3, -0.25) is 14.2 Å². The predicted octanol–water partition coefficient (Wildman–Crippen LogP) is 3.62. The average molecular weight is 426 g/mol. The Morgan fingerprint density at radius 2 is 1.87 bits per heavy atom. The molecule has 1 aliphatic carbocycles. The molecule has 2 heterocycles. The number of carbonyl (C=O) groups excluding carboxylic acids is 1. The number of nitrogens with zero attached hydrogens (tertiary/aromatic N) is 3. The van der Waals surface area contributed by atoms with Gasteiger partial charge in [0.25, 0.3) is 5.56 Å². The van der Waals surface area contributed by atoms with Gasteiger partial charge in [0, 0.05) is 13.1 Å². The van der Waals surface area contributed by atoms with E-state index in [4.69, 9.17) is 0 Å². The molecule has 30 heavy (non-hydrogen) atoms. The van der Waals surface area contributed by atoms with E-state index in [0.717, 1.165) is 36.8 Å². The molecule has 1 fully saturated rings. The molecule has 0 radical (unpaired) electrons. The maximum Gasteiger partial charge on any atom is 0.336 e. The van der Waals surface area contributed by atoms with Gasteiger partial charge in [-0.25, -0.2) is 9.36 Å². The van der Waals surface area contributed by atoms with E-state index in [1.807, 2.05) is 33.0 Å². The summed E-state index contributed by atoms with van der Waals surface area (Å²) in [5.74, 6) is -0.0951. The molecule has 0 atom stereocenters. The lowest BCUT2D eigenvalue weighted by Crippen LogP contribution is -2.44. The summed E-state index contributed by atoms with van der Waals surface area (Å²) in [7, 11) is 1.83. The summed E-state index contributed by atoms with van der Waals surface area (Å²) in [6, 6.07) is 7.62. The van der Waals surface area contributed by atoms with E-state index in [0.29, 0.717) is 15.9 Å². The Labute approximate surface area is 179 Å². The highest BCUT2D eigenvalue weighted by molar-refractivity contribution is 7.17. The number of fused-ring (bicyclic) bond motifs is 1. The van der Waals surface area contributed by atoms with Crippen LogP contribution >= 0.6 is 11.3 Å².